The summed E-state index contributed by atoms with van der Waals surface area (Å²) in [7, 11) is -3.72. The van der Waals surface area contributed by atoms with E-state index in [1.54, 1.807) is 0 Å². The Morgan fingerprint density at radius 1 is 1.33 bits per heavy atom. The Labute approximate surface area is 109 Å². The van der Waals surface area contributed by atoms with E-state index in [0.29, 0.717) is 13.1 Å². The predicted molar refractivity (Wildman–Crippen MR) is 66.4 cm³/mol. The zero-order chi connectivity index (χ0) is 13.3. The molecule has 5 nitrogen and oxygen atoms in total. The van der Waals surface area contributed by atoms with E-state index in [-0.39, 0.29) is 10.7 Å². The number of hydrogen-bond acceptors (Lipinski definition) is 3. The molecule has 1 fully saturated rings. The monoisotopic (exact) mass is 294 g/mol. The van der Waals surface area contributed by atoms with E-state index in [2.05, 4.69) is 4.72 Å². The lowest BCUT2D eigenvalue weighted by Crippen LogP contribution is -2.33. The van der Waals surface area contributed by atoms with Crippen LogP contribution in [-0.2, 0) is 10.2 Å². The normalized spacial score (nSPS) is 17.0. The molecule has 2 rings (SSSR count). The van der Waals surface area contributed by atoms with Gasteiger partial charge in [0.05, 0.1) is 10.7 Å². The number of nitrogens with zero attached hydrogens (tertiary/aromatic N) is 1. The molecule has 1 aliphatic rings. The average Bonchev–Trinajstić information content (AvgIpc) is 2.79. The minimum Gasteiger partial charge on any atom is -0.506 e. The van der Waals surface area contributed by atoms with Gasteiger partial charge in [0, 0.05) is 19.2 Å². The second kappa shape index (κ2) is 4.91. The number of hydrogen-bond donors (Lipinski definition) is 2. The van der Waals surface area contributed by atoms with Crippen molar-refractivity contribution in [3.05, 3.63) is 23.0 Å². The van der Waals surface area contributed by atoms with Crippen LogP contribution in [0.15, 0.2) is 12.1 Å². The number of anilines is 1. The lowest BCUT2D eigenvalue weighted by molar-refractivity contribution is 0.468. The summed E-state index contributed by atoms with van der Waals surface area (Å²) in [5.41, 5.74) is -0.131. The summed E-state index contributed by atoms with van der Waals surface area (Å²) in [6, 6.07) is 1.81. The van der Waals surface area contributed by atoms with Gasteiger partial charge in [-0.3, -0.25) is 4.72 Å². The molecule has 1 saturated heterocycles. The van der Waals surface area contributed by atoms with Gasteiger partial charge in [-0.05, 0) is 18.9 Å². The van der Waals surface area contributed by atoms with E-state index in [1.165, 1.54) is 4.31 Å². The fraction of sp³-hybridized carbons (Fsp3) is 0.400. The van der Waals surface area contributed by atoms with E-state index in [9.17, 15) is 17.9 Å². The quantitative estimate of drug-likeness (QED) is 0.837. The fourth-order valence-electron chi connectivity index (χ4n) is 1.75. The van der Waals surface area contributed by atoms with E-state index in [4.69, 9.17) is 11.6 Å². The van der Waals surface area contributed by atoms with Crippen molar-refractivity contribution < 1.29 is 17.9 Å². The van der Waals surface area contributed by atoms with Crippen LogP contribution in [0.3, 0.4) is 0 Å². The third-order valence-electron chi connectivity index (χ3n) is 2.68. The SMILES string of the molecule is O=S(=O)(Nc1cc(Cl)c(F)cc1O)N1CCCC1. The molecule has 100 valence electrons. The van der Waals surface area contributed by atoms with Gasteiger partial charge in [0.2, 0.25) is 0 Å². The summed E-state index contributed by atoms with van der Waals surface area (Å²) in [5.74, 6) is -1.31. The Morgan fingerprint density at radius 2 is 1.94 bits per heavy atom. The molecule has 1 heterocycles. The molecule has 0 atom stereocenters. The summed E-state index contributed by atoms with van der Waals surface area (Å²) in [6.45, 7) is 0.871. The van der Waals surface area contributed by atoms with Crippen LogP contribution in [0.4, 0.5) is 10.1 Å². The molecule has 0 unspecified atom stereocenters. The summed E-state index contributed by atoms with van der Waals surface area (Å²) in [6.07, 6.45) is 1.61. The van der Waals surface area contributed by atoms with Gasteiger partial charge in [0.25, 0.3) is 0 Å². The molecule has 0 spiro atoms. The van der Waals surface area contributed by atoms with Crippen LogP contribution in [0.5, 0.6) is 5.75 Å². The minimum absolute atomic E-state index is 0.131. The highest BCUT2D eigenvalue weighted by molar-refractivity contribution is 7.90. The largest absolute Gasteiger partial charge is 0.506 e. The van der Waals surface area contributed by atoms with Crippen LogP contribution in [0, 0.1) is 5.82 Å². The Balaban J connectivity index is 2.26. The van der Waals surface area contributed by atoms with Crippen molar-refractivity contribution in [1.29, 1.82) is 0 Å². The van der Waals surface area contributed by atoms with Crippen LogP contribution in [0.2, 0.25) is 5.02 Å². The van der Waals surface area contributed by atoms with Crippen molar-refractivity contribution in [3.8, 4) is 5.75 Å². The summed E-state index contributed by atoms with van der Waals surface area (Å²) >= 11 is 5.54. The van der Waals surface area contributed by atoms with Gasteiger partial charge in [-0.2, -0.15) is 12.7 Å². The highest BCUT2D eigenvalue weighted by Gasteiger charge is 2.26. The first-order valence-electron chi connectivity index (χ1n) is 5.36. The summed E-state index contributed by atoms with van der Waals surface area (Å²) in [5, 5.41) is 9.22. The molecule has 18 heavy (non-hydrogen) atoms. The summed E-state index contributed by atoms with van der Waals surface area (Å²) < 4.78 is 40.3. The molecular formula is C10H12ClFN2O3S. The molecule has 1 aliphatic heterocycles. The molecule has 0 saturated carbocycles. The van der Waals surface area contributed by atoms with Crippen molar-refractivity contribution in [2.24, 2.45) is 0 Å². The van der Waals surface area contributed by atoms with Crippen LogP contribution in [-0.4, -0.2) is 30.9 Å². The number of benzene rings is 1. The van der Waals surface area contributed by atoms with Crippen LogP contribution in [0.25, 0.3) is 0 Å². The highest BCUT2D eigenvalue weighted by atomic mass is 35.5. The molecule has 0 aromatic heterocycles. The third kappa shape index (κ3) is 2.68. The fourth-order valence-corrected chi connectivity index (χ4v) is 3.22. The van der Waals surface area contributed by atoms with Gasteiger partial charge < -0.3 is 5.11 Å². The zero-order valence-electron chi connectivity index (χ0n) is 9.36. The van der Waals surface area contributed by atoms with E-state index in [0.717, 1.165) is 25.0 Å². The smallest absolute Gasteiger partial charge is 0.301 e. The van der Waals surface area contributed by atoms with Gasteiger partial charge in [0.1, 0.15) is 11.6 Å². The molecule has 1 aromatic carbocycles. The van der Waals surface area contributed by atoms with Gasteiger partial charge in [-0.25, -0.2) is 4.39 Å². The first-order valence-corrected chi connectivity index (χ1v) is 7.18. The molecule has 0 bridgehead atoms. The third-order valence-corrected chi connectivity index (χ3v) is 4.49. The molecule has 2 N–H and O–H groups in total. The lowest BCUT2D eigenvalue weighted by Gasteiger charge is -2.17. The van der Waals surface area contributed by atoms with Crippen molar-refractivity contribution in [2.75, 3.05) is 17.8 Å². The number of aromatic hydroxyl groups is 1. The van der Waals surface area contributed by atoms with Crippen LogP contribution in [0.1, 0.15) is 12.8 Å². The standard InChI is InChI=1S/C10H12ClFN2O3S/c11-7-5-9(10(15)6-8(7)12)13-18(16,17)14-3-1-2-4-14/h5-6,13,15H,1-4H2. The van der Waals surface area contributed by atoms with Crippen LogP contribution >= 0.6 is 11.6 Å². The predicted octanol–water partition coefficient (Wildman–Crippen LogP) is 1.94. The molecule has 8 heteroatoms. The molecule has 1 aromatic rings. The Morgan fingerprint density at radius 3 is 2.56 bits per heavy atom. The first kappa shape index (κ1) is 13.4. The average molecular weight is 295 g/mol. The lowest BCUT2D eigenvalue weighted by atomic mass is 10.3. The molecule has 0 radical (unpaired) electrons. The number of rotatable bonds is 3. The Hall–Kier alpha value is -1.05. The van der Waals surface area contributed by atoms with Crippen molar-refractivity contribution >= 4 is 27.5 Å². The van der Waals surface area contributed by atoms with E-state index in [1.807, 2.05) is 0 Å². The van der Waals surface area contributed by atoms with Crippen molar-refractivity contribution in [2.45, 2.75) is 12.8 Å². The van der Waals surface area contributed by atoms with E-state index < -0.39 is 21.8 Å². The Kier molecular flexibility index (Phi) is 3.65. The number of nitrogens with one attached hydrogen (secondary N) is 1. The highest BCUT2D eigenvalue weighted by Crippen LogP contribution is 2.30. The molecule has 0 aliphatic carbocycles. The topological polar surface area (TPSA) is 69.6 Å². The van der Waals surface area contributed by atoms with Crippen molar-refractivity contribution in [1.82, 2.24) is 4.31 Å². The minimum atomic E-state index is -3.72. The number of halogens is 2. The van der Waals surface area contributed by atoms with Gasteiger partial charge in [-0.1, -0.05) is 11.6 Å². The van der Waals surface area contributed by atoms with E-state index >= 15 is 0 Å². The maximum absolute atomic E-state index is 13.0. The zero-order valence-corrected chi connectivity index (χ0v) is 10.9. The number of phenols is 1. The van der Waals surface area contributed by atoms with Gasteiger partial charge >= 0.3 is 10.2 Å². The molecule has 0 amide bonds. The van der Waals surface area contributed by atoms with Crippen LogP contribution < -0.4 is 4.72 Å². The van der Waals surface area contributed by atoms with Gasteiger partial charge in [-0.15, -0.1) is 0 Å². The summed E-state index contributed by atoms with van der Waals surface area (Å²) in [4.78, 5) is 0. The number of phenolic OH excluding ortho intramolecular Hbond substituents is 1. The molecular weight excluding hydrogens is 283 g/mol. The second-order valence-electron chi connectivity index (χ2n) is 4.00. The van der Waals surface area contributed by atoms with Gasteiger partial charge in [0.15, 0.2) is 0 Å². The first-order chi connectivity index (χ1) is 8.40. The van der Waals surface area contributed by atoms with Crippen molar-refractivity contribution in [3.63, 3.8) is 0 Å². The second-order valence-corrected chi connectivity index (χ2v) is 6.07. The Bertz CT molecular complexity index is 558. The maximum atomic E-state index is 13.0. The maximum Gasteiger partial charge on any atom is 0.301 e.